The summed E-state index contributed by atoms with van der Waals surface area (Å²) in [6.07, 6.45) is 9.18. The first-order valence-corrected chi connectivity index (χ1v) is 6.68. The first-order chi connectivity index (χ1) is 8.50. The van der Waals surface area contributed by atoms with E-state index in [9.17, 15) is 0 Å². The van der Waals surface area contributed by atoms with Gasteiger partial charge >= 0.3 is 0 Å². The molecule has 0 saturated carbocycles. The topological polar surface area (TPSA) is 0 Å². The van der Waals surface area contributed by atoms with Gasteiger partial charge in [0.25, 0.3) is 0 Å². The van der Waals surface area contributed by atoms with Crippen LogP contribution in [0.3, 0.4) is 0 Å². The number of rotatable bonds is 0. The summed E-state index contributed by atoms with van der Waals surface area (Å²) in [5.74, 6) is 0.503. The number of hydrogen-bond acceptors (Lipinski definition) is 0. The molecule has 0 bridgehead atoms. The summed E-state index contributed by atoms with van der Waals surface area (Å²) in [6, 6.07) is 6.87. The zero-order chi connectivity index (χ0) is 12.9. The van der Waals surface area contributed by atoms with Crippen LogP contribution in [0.15, 0.2) is 48.1 Å². The summed E-state index contributed by atoms with van der Waals surface area (Å²) in [5.41, 5.74) is 7.30. The third-order valence-electron chi connectivity index (χ3n) is 4.37. The summed E-state index contributed by atoms with van der Waals surface area (Å²) >= 11 is 0. The second-order valence-electron chi connectivity index (χ2n) is 6.14. The van der Waals surface area contributed by atoms with E-state index in [-0.39, 0.29) is 5.41 Å². The van der Waals surface area contributed by atoms with Crippen LogP contribution in [-0.2, 0) is 5.41 Å². The van der Waals surface area contributed by atoms with Crippen LogP contribution in [0.4, 0.5) is 0 Å². The van der Waals surface area contributed by atoms with Gasteiger partial charge < -0.3 is 0 Å². The van der Waals surface area contributed by atoms with Gasteiger partial charge in [-0.1, -0.05) is 67.5 Å². The molecule has 2 aliphatic rings. The first kappa shape index (κ1) is 11.5. The molecule has 18 heavy (non-hydrogen) atoms. The number of benzene rings is 1. The Balaban J connectivity index is 2.27. The highest BCUT2D eigenvalue weighted by Crippen LogP contribution is 2.51. The molecule has 0 nitrogen and oxygen atoms in total. The lowest BCUT2D eigenvalue weighted by Gasteiger charge is -2.26. The van der Waals surface area contributed by atoms with Crippen LogP contribution in [0.1, 0.15) is 37.5 Å². The van der Waals surface area contributed by atoms with Gasteiger partial charge in [-0.05, 0) is 30.5 Å². The van der Waals surface area contributed by atoms with E-state index in [1.165, 1.54) is 27.8 Å². The van der Waals surface area contributed by atoms with Gasteiger partial charge in [-0.15, -0.1) is 0 Å². The van der Waals surface area contributed by atoms with Crippen molar-refractivity contribution in [2.75, 3.05) is 0 Å². The number of fused-ring (bicyclic) bond motifs is 3. The van der Waals surface area contributed by atoms with Crippen molar-refractivity contribution in [2.24, 2.45) is 5.92 Å². The summed E-state index contributed by atoms with van der Waals surface area (Å²) in [5, 5.41) is 0. The van der Waals surface area contributed by atoms with Gasteiger partial charge in [-0.3, -0.25) is 0 Å². The molecule has 1 unspecified atom stereocenters. The minimum absolute atomic E-state index is 0.197. The maximum absolute atomic E-state index is 2.38. The molecule has 92 valence electrons. The van der Waals surface area contributed by atoms with Gasteiger partial charge in [0, 0.05) is 11.3 Å². The number of hydrogen-bond donors (Lipinski definition) is 0. The lowest BCUT2D eigenvalue weighted by atomic mass is 9.77. The molecule has 0 saturated heterocycles. The monoisotopic (exact) mass is 236 g/mol. The minimum atomic E-state index is 0.197. The Labute approximate surface area is 110 Å². The van der Waals surface area contributed by atoms with Crippen LogP contribution in [-0.4, -0.2) is 0 Å². The van der Waals surface area contributed by atoms with Crippen LogP contribution in [0.5, 0.6) is 0 Å². The Morgan fingerprint density at radius 2 is 1.83 bits per heavy atom. The quantitative estimate of drug-likeness (QED) is 0.607. The molecule has 0 heterocycles. The standard InChI is InChI=1S/C18H20/c1-12-5-8-14-15-9-6-13(2)11-17(15)18(3,4)16(14)10-7-12/h5-11,16H,1-4H3. The second kappa shape index (κ2) is 3.71. The van der Waals surface area contributed by atoms with E-state index in [0.29, 0.717) is 5.92 Å². The molecular formula is C18H20. The van der Waals surface area contributed by atoms with Crippen molar-refractivity contribution in [2.45, 2.75) is 33.1 Å². The van der Waals surface area contributed by atoms with Crippen molar-refractivity contribution in [1.82, 2.24) is 0 Å². The Morgan fingerprint density at radius 1 is 1.06 bits per heavy atom. The average Bonchev–Trinajstić information content (AvgIpc) is 2.46. The van der Waals surface area contributed by atoms with Crippen molar-refractivity contribution in [3.05, 3.63) is 64.8 Å². The van der Waals surface area contributed by atoms with E-state index in [0.717, 1.165) is 0 Å². The smallest absolute Gasteiger partial charge is 0.0119 e. The molecule has 0 amide bonds. The molecule has 0 aliphatic heterocycles. The zero-order valence-corrected chi connectivity index (χ0v) is 11.6. The summed E-state index contributed by atoms with van der Waals surface area (Å²) in [7, 11) is 0. The number of allylic oxidation sites excluding steroid dienone is 6. The largest absolute Gasteiger partial charge is 0.0758 e. The second-order valence-corrected chi connectivity index (χ2v) is 6.14. The van der Waals surface area contributed by atoms with Gasteiger partial charge in [-0.2, -0.15) is 0 Å². The Kier molecular flexibility index (Phi) is 2.38. The zero-order valence-electron chi connectivity index (χ0n) is 11.6. The van der Waals surface area contributed by atoms with Crippen molar-refractivity contribution < 1.29 is 0 Å². The molecular weight excluding hydrogens is 216 g/mol. The van der Waals surface area contributed by atoms with Crippen LogP contribution in [0.25, 0.3) is 5.57 Å². The molecule has 0 N–H and O–H groups in total. The maximum atomic E-state index is 2.38. The molecule has 0 fully saturated rings. The van der Waals surface area contributed by atoms with Crippen LogP contribution >= 0.6 is 0 Å². The van der Waals surface area contributed by atoms with Gasteiger partial charge in [-0.25, -0.2) is 0 Å². The number of aryl methyl sites for hydroxylation is 1. The van der Waals surface area contributed by atoms with E-state index < -0.39 is 0 Å². The normalized spacial score (nSPS) is 23.9. The Hall–Kier alpha value is -1.56. The summed E-state index contributed by atoms with van der Waals surface area (Å²) in [6.45, 7) is 9.07. The van der Waals surface area contributed by atoms with E-state index in [4.69, 9.17) is 0 Å². The predicted octanol–water partition coefficient (Wildman–Crippen LogP) is 4.80. The molecule has 0 heteroatoms. The van der Waals surface area contributed by atoms with Gasteiger partial charge in [0.1, 0.15) is 0 Å². The van der Waals surface area contributed by atoms with Gasteiger partial charge in [0.05, 0.1) is 0 Å². The molecule has 1 aromatic rings. The third-order valence-corrected chi connectivity index (χ3v) is 4.37. The molecule has 0 aromatic heterocycles. The maximum Gasteiger partial charge on any atom is 0.0119 e. The highest BCUT2D eigenvalue weighted by molar-refractivity contribution is 5.80. The van der Waals surface area contributed by atoms with Crippen LogP contribution in [0.2, 0.25) is 0 Å². The highest BCUT2D eigenvalue weighted by atomic mass is 14.4. The lowest BCUT2D eigenvalue weighted by Crippen LogP contribution is -2.22. The average molecular weight is 236 g/mol. The summed E-state index contributed by atoms with van der Waals surface area (Å²) < 4.78 is 0. The van der Waals surface area contributed by atoms with Crippen LogP contribution < -0.4 is 0 Å². The first-order valence-electron chi connectivity index (χ1n) is 6.68. The molecule has 3 rings (SSSR count). The van der Waals surface area contributed by atoms with Gasteiger partial charge in [0.2, 0.25) is 0 Å². The summed E-state index contributed by atoms with van der Waals surface area (Å²) in [4.78, 5) is 0. The van der Waals surface area contributed by atoms with Crippen molar-refractivity contribution in [1.29, 1.82) is 0 Å². The van der Waals surface area contributed by atoms with Crippen LogP contribution in [0, 0.1) is 12.8 Å². The fourth-order valence-corrected chi connectivity index (χ4v) is 3.23. The Morgan fingerprint density at radius 3 is 2.61 bits per heavy atom. The SMILES string of the molecule is CC1=CC=C2c3ccc(C)cc3C(C)(C)C2C=C1. The van der Waals surface area contributed by atoms with Crippen molar-refractivity contribution >= 4 is 5.57 Å². The van der Waals surface area contributed by atoms with E-state index in [1.807, 2.05) is 0 Å². The third kappa shape index (κ3) is 1.52. The van der Waals surface area contributed by atoms with Crippen molar-refractivity contribution in [3.8, 4) is 0 Å². The molecule has 1 aromatic carbocycles. The fraction of sp³-hybridized carbons (Fsp3) is 0.333. The predicted molar refractivity (Wildman–Crippen MR) is 78.6 cm³/mol. The molecule has 1 atom stereocenters. The molecule has 0 radical (unpaired) electrons. The highest BCUT2D eigenvalue weighted by Gasteiger charge is 2.41. The molecule has 0 spiro atoms. The minimum Gasteiger partial charge on any atom is -0.0758 e. The fourth-order valence-electron chi connectivity index (χ4n) is 3.23. The van der Waals surface area contributed by atoms with E-state index >= 15 is 0 Å². The Bertz CT molecular complexity index is 594. The van der Waals surface area contributed by atoms with Crippen molar-refractivity contribution in [3.63, 3.8) is 0 Å². The van der Waals surface area contributed by atoms with Gasteiger partial charge in [0.15, 0.2) is 0 Å². The van der Waals surface area contributed by atoms with E-state index in [1.54, 1.807) is 0 Å². The van der Waals surface area contributed by atoms with E-state index in [2.05, 4.69) is 70.2 Å². The lowest BCUT2D eigenvalue weighted by molar-refractivity contribution is 0.477. The molecule has 2 aliphatic carbocycles.